The van der Waals surface area contributed by atoms with Crippen LogP contribution in [0.2, 0.25) is 0 Å². The molecule has 0 saturated carbocycles. The first kappa shape index (κ1) is 16.8. The van der Waals surface area contributed by atoms with E-state index in [-0.39, 0.29) is 5.41 Å². The van der Waals surface area contributed by atoms with Gasteiger partial charge in [-0.1, -0.05) is 50.5 Å². The van der Waals surface area contributed by atoms with Gasteiger partial charge in [0, 0.05) is 35.3 Å². The molecule has 0 spiro atoms. The molecular formula is C18H29BrN2. The van der Waals surface area contributed by atoms with Crippen molar-refractivity contribution in [3.63, 3.8) is 0 Å². The van der Waals surface area contributed by atoms with Gasteiger partial charge in [0.15, 0.2) is 0 Å². The minimum Gasteiger partial charge on any atom is -0.365 e. The Bertz CT molecular complexity index is 490. The third-order valence-electron chi connectivity index (χ3n) is 4.64. The second-order valence-electron chi connectivity index (χ2n) is 7.72. The van der Waals surface area contributed by atoms with Crippen LogP contribution in [-0.2, 0) is 0 Å². The molecule has 1 aliphatic rings. The summed E-state index contributed by atoms with van der Waals surface area (Å²) in [7, 11) is 0. The molecule has 0 aromatic heterocycles. The molecular weight excluding hydrogens is 324 g/mol. The molecule has 1 aromatic rings. The first-order valence-electron chi connectivity index (χ1n) is 7.96. The summed E-state index contributed by atoms with van der Waals surface area (Å²) >= 11 is 3.61. The van der Waals surface area contributed by atoms with Crippen molar-refractivity contribution in [1.29, 1.82) is 0 Å². The van der Waals surface area contributed by atoms with E-state index in [2.05, 4.69) is 85.9 Å². The summed E-state index contributed by atoms with van der Waals surface area (Å²) in [5.41, 5.74) is 2.94. The number of aryl methyl sites for hydroxylation is 1. The Morgan fingerprint density at radius 3 is 2.48 bits per heavy atom. The van der Waals surface area contributed by atoms with Crippen molar-refractivity contribution in [2.75, 3.05) is 18.0 Å². The second-order valence-corrected chi connectivity index (χ2v) is 8.58. The highest BCUT2D eigenvalue weighted by molar-refractivity contribution is 9.10. The standard InChI is InChI=1S/C18H29BrN2/c1-12(2)16-10-20-17(18(4,5)6)11-21(16)14-7-8-15(19)13(3)9-14/h7-9,12,16-17,20H,10-11H2,1-6H3. The molecule has 3 heteroatoms. The third kappa shape index (κ3) is 3.81. The molecule has 0 aliphatic carbocycles. The lowest BCUT2D eigenvalue weighted by molar-refractivity contribution is 0.221. The molecule has 0 bridgehead atoms. The van der Waals surface area contributed by atoms with Crippen LogP contribution in [0.1, 0.15) is 40.2 Å². The molecule has 2 rings (SSSR count). The number of hydrogen-bond acceptors (Lipinski definition) is 2. The van der Waals surface area contributed by atoms with Gasteiger partial charge in [-0.25, -0.2) is 0 Å². The van der Waals surface area contributed by atoms with Gasteiger partial charge in [-0.05, 0) is 42.0 Å². The molecule has 2 nitrogen and oxygen atoms in total. The lowest BCUT2D eigenvalue weighted by Crippen LogP contribution is -2.62. The van der Waals surface area contributed by atoms with Crippen LogP contribution in [0.4, 0.5) is 5.69 Å². The average molecular weight is 353 g/mol. The van der Waals surface area contributed by atoms with E-state index >= 15 is 0 Å². The van der Waals surface area contributed by atoms with Gasteiger partial charge in [0.1, 0.15) is 0 Å². The fourth-order valence-electron chi connectivity index (χ4n) is 3.05. The SMILES string of the molecule is Cc1cc(N2CC(C(C)(C)C)NCC2C(C)C)ccc1Br. The molecule has 2 unspecified atom stereocenters. The maximum Gasteiger partial charge on any atom is 0.0438 e. The van der Waals surface area contributed by atoms with Crippen molar-refractivity contribution in [2.24, 2.45) is 11.3 Å². The molecule has 1 aromatic carbocycles. The Morgan fingerprint density at radius 1 is 1.29 bits per heavy atom. The van der Waals surface area contributed by atoms with Crippen LogP contribution in [0.15, 0.2) is 22.7 Å². The summed E-state index contributed by atoms with van der Waals surface area (Å²) in [5, 5.41) is 3.77. The number of benzene rings is 1. The van der Waals surface area contributed by atoms with Crippen LogP contribution in [0.25, 0.3) is 0 Å². The minimum atomic E-state index is 0.282. The molecule has 2 atom stereocenters. The van der Waals surface area contributed by atoms with E-state index in [9.17, 15) is 0 Å². The van der Waals surface area contributed by atoms with Crippen LogP contribution in [0, 0.1) is 18.3 Å². The lowest BCUT2D eigenvalue weighted by atomic mass is 9.83. The van der Waals surface area contributed by atoms with Crippen molar-refractivity contribution < 1.29 is 0 Å². The maximum atomic E-state index is 3.77. The molecule has 1 aliphatic heterocycles. The molecule has 0 amide bonds. The quantitative estimate of drug-likeness (QED) is 0.836. The number of piperazine rings is 1. The first-order valence-corrected chi connectivity index (χ1v) is 8.75. The van der Waals surface area contributed by atoms with Crippen LogP contribution in [-0.4, -0.2) is 25.2 Å². The van der Waals surface area contributed by atoms with Crippen LogP contribution in [0.3, 0.4) is 0 Å². The van der Waals surface area contributed by atoms with E-state index in [1.165, 1.54) is 15.7 Å². The Hall–Kier alpha value is -0.540. The third-order valence-corrected chi connectivity index (χ3v) is 5.53. The zero-order chi connectivity index (χ0) is 15.8. The van der Waals surface area contributed by atoms with Crippen LogP contribution in [0.5, 0.6) is 0 Å². The van der Waals surface area contributed by atoms with Crippen molar-refractivity contribution in [1.82, 2.24) is 5.32 Å². The van der Waals surface area contributed by atoms with Crippen LogP contribution < -0.4 is 10.2 Å². The Morgan fingerprint density at radius 2 is 1.95 bits per heavy atom. The molecule has 1 fully saturated rings. The van der Waals surface area contributed by atoms with Crippen molar-refractivity contribution in [3.05, 3.63) is 28.2 Å². The molecule has 1 N–H and O–H groups in total. The molecule has 1 heterocycles. The van der Waals surface area contributed by atoms with Gasteiger partial charge >= 0.3 is 0 Å². The zero-order valence-corrected chi connectivity index (χ0v) is 15.8. The molecule has 1 saturated heterocycles. The highest BCUT2D eigenvalue weighted by Gasteiger charge is 2.35. The number of anilines is 1. The van der Waals surface area contributed by atoms with Gasteiger partial charge in [-0.3, -0.25) is 0 Å². The van der Waals surface area contributed by atoms with Gasteiger partial charge in [-0.2, -0.15) is 0 Å². The molecule has 118 valence electrons. The molecule has 21 heavy (non-hydrogen) atoms. The lowest BCUT2D eigenvalue weighted by Gasteiger charge is -2.47. The fourth-order valence-corrected chi connectivity index (χ4v) is 3.30. The first-order chi connectivity index (χ1) is 9.70. The number of rotatable bonds is 2. The smallest absolute Gasteiger partial charge is 0.0438 e. The van der Waals surface area contributed by atoms with Crippen LogP contribution >= 0.6 is 15.9 Å². The van der Waals surface area contributed by atoms with Gasteiger partial charge < -0.3 is 10.2 Å². The van der Waals surface area contributed by atoms with Gasteiger partial charge in [0.25, 0.3) is 0 Å². The normalized spacial score (nSPS) is 23.7. The van der Waals surface area contributed by atoms with E-state index in [1.807, 2.05) is 0 Å². The van der Waals surface area contributed by atoms with E-state index in [1.54, 1.807) is 0 Å². The fraction of sp³-hybridized carbons (Fsp3) is 0.667. The largest absolute Gasteiger partial charge is 0.365 e. The summed E-state index contributed by atoms with van der Waals surface area (Å²) in [6.07, 6.45) is 0. The number of halogens is 1. The highest BCUT2D eigenvalue weighted by atomic mass is 79.9. The summed E-state index contributed by atoms with van der Waals surface area (Å²) in [6.45, 7) is 15.9. The summed E-state index contributed by atoms with van der Waals surface area (Å²) < 4.78 is 1.19. The summed E-state index contributed by atoms with van der Waals surface area (Å²) in [4.78, 5) is 2.61. The second kappa shape index (κ2) is 6.29. The highest BCUT2D eigenvalue weighted by Crippen LogP contribution is 2.31. The van der Waals surface area contributed by atoms with Gasteiger partial charge in [0.2, 0.25) is 0 Å². The summed E-state index contributed by atoms with van der Waals surface area (Å²) in [6, 6.07) is 7.82. The van der Waals surface area contributed by atoms with Gasteiger partial charge in [0.05, 0.1) is 0 Å². The van der Waals surface area contributed by atoms with E-state index in [0.717, 1.165) is 13.1 Å². The predicted molar refractivity (Wildman–Crippen MR) is 96.1 cm³/mol. The van der Waals surface area contributed by atoms with E-state index in [0.29, 0.717) is 18.0 Å². The average Bonchev–Trinajstić information content (AvgIpc) is 2.40. The van der Waals surface area contributed by atoms with E-state index < -0.39 is 0 Å². The van der Waals surface area contributed by atoms with E-state index in [4.69, 9.17) is 0 Å². The van der Waals surface area contributed by atoms with Crippen molar-refractivity contribution >= 4 is 21.6 Å². The summed E-state index contributed by atoms with van der Waals surface area (Å²) in [5.74, 6) is 0.641. The minimum absolute atomic E-state index is 0.282. The predicted octanol–water partition coefficient (Wildman–Crippen LogP) is 4.61. The molecule has 0 radical (unpaired) electrons. The topological polar surface area (TPSA) is 15.3 Å². The monoisotopic (exact) mass is 352 g/mol. The zero-order valence-electron chi connectivity index (χ0n) is 14.2. The van der Waals surface area contributed by atoms with Gasteiger partial charge in [-0.15, -0.1) is 0 Å². The number of hydrogen-bond donors (Lipinski definition) is 1. The maximum absolute atomic E-state index is 3.77. The van der Waals surface area contributed by atoms with Crippen molar-refractivity contribution in [2.45, 2.75) is 53.6 Å². The Kier molecular flexibility index (Phi) is 5.04. The Labute approximate surface area is 138 Å². The Balaban J connectivity index is 2.31. The van der Waals surface area contributed by atoms with Crippen molar-refractivity contribution in [3.8, 4) is 0 Å². The number of nitrogens with zero attached hydrogens (tertiary/aromatic N) is 1. The number of nitrogens with one attached hydrogen (secondary N) is 1.